The molecule has 0 unspecified atom stereocenters. The van der Waals surface area contributed by atoms with Gasteiger partial charge in [0, 0.05) is 0 Å². The van der Waals surface area contributed by atoms with Crippen molar-refractivity contribution in [2.24, 2.45) is 4.99 Å². The zero-order valence-corrected chi connectivity index (χ0v) is 9.31. The van der Waals surface area contributed by atoms with Gasteiger partial charge in [-0.15, -0.1) is 6.58 Å². The second kappa shape index (κ2) is 4.02. The van der Waals surface area contributed by atoms with Gasteiger partial charge in [-0.25, -0.2) is 0 Å². The molecule has 0 spiro atoms. The van der Waals surface area contributed by atoms with E-state index in [4.69, 9.17) is 11.6 Å². The molecule has 6 heteroatoms. The van der Waals surface area contributed by atoms with Gasteiger partial charge < -0.3 is 0 Å². The quantitative estimate of drug-likeness (QED) is 0.581. The van der Waals surface area contributed by atoms with Crippen molar-refractivity contribution in [3.63, 3.8) is 0 Å². The Morgan fingerprint density at radius 3 is 2.76 bits per heavy atom. The lowest BCUT2D eigenvalue weighted by atomic mass is 10.1. The molecular weight excluding hydrogens is 253 g/mol. The van der Waals surface area contributed by atoms with Crippen molar-refractivity contribution in [2.45, 2.75) is 6.18 Å². The van der Waals surface area contributed by atoms with Gasteiger partial charge in [0.1, 0.15) is 0 Å². The fourth-order valence-electron chi connectivity index (χ4n) is 1.51. The third-order valence-electron chi connectivity index (χ3n) is 2.26. The first kappa shape index (κ1) is 11.9. The first-order chi connectivity index (χ1) is 7.93. The van der Waals surface area contributed by atoms with E-state index < -0.39 is 11.7 Å². The van der Waals surface area contributed by atoms with Crippen molar-refractivity contribution < 1.29 is 13.2 Å². The van der Waals surface area contributed by atoms with Crippen LogP contribution >= 0.6 is 11.6 Å². The standard InChI is InChI=1S/C11H7ClF3N2/c1-2-3-17-6-16-9-4-7(11(13,14)15)8(12)5-10(9)17/h2,4-5H,1,3H2/q+1. The van der Waals surface area contributed by atoms with Crippen molar-refractivity contribution in [2.75, 3.05) is 11.4 Å². The lowest BCUT2D eigenvalue weighted by Crippen LogP contribution is -2.18. The highest BCUT2D eigenvalue weighted by molar-refractivity contribution is 6.32. The van der Waals surface area contributed by atoms with E-state index >= 15 is 0 Å². The number of hydrogen-bond acceptors (Lipinski definition) is 2. The van der Waals surface area contributed by atoms with E-state index in [0.29, 0.717) is 12.2 Å². The average Bonchev–Trinajstić information content (AvgIpc) is 2.59. The molecule has 0 saturated heterocycles. The number of alkyl halides is 3. The first-order valence-electron chi connectivity index (χ1n) is 4.69. The molecule has 0 atom stereocenters. The molecule has 1 heterocycles. The summed E-state index contributed by atoms with van der Waals surface area (Å²) in [6, 6.07) is 2.17. The summed E-state index contributed by atoms with van der Waals surface area (Å²) in [5.41, 5.74) is -0.171. The normalized spacial score (nSPS) is 13.5. The van der Waals surface area contributed by atoms with Gasteiger partial charge in [-0.1, -0.05) is 17.7 Å². The maximum absolute atomic E-state index is 12.6. The molecule has 2 rings (SSSR count). The van der Waals surface area contributed by atoms with Crippen LogP contribution in [0.3, 0.4) is 0 Å². The predicted molar refractivity (Wildman–Crippen MR) is 61.1 cm³/mol. The largest absolute Gasteiger partial charge is 0.419 e. The number of halogens is 4. The van der Waals surface area contributed by atoms with Crippen molar-refractivity contribution >= 4 is 29.3 Å². The second-order valence-electron chi connectivity index (χ2n) is 3.43. The fraction of sp³-hybridized carbons (Fsp3) is 0.182. The summed E-state index contributed by atoms with van der Waals surface area (Å²) in [6.07, 6.45) is -0.288. The molecule has 0 aliphatic carbocycles. The highest BCUT2D eigenvalue weighted by atomic mass is 35.5. The summed E-state index contributed by atoms with van der Waals surface area (Å²) in [6.45, 7) is 3.95. The van der Waals surface area contributed by atoms with Crippen LogP contribution in [0.2, 0.25) is 5.02 Å². The van der Waals surface area contributed by atoms with Crippen molar-refractivity contribution in [3.05, 3.63) is 35.4 Å². The molecule has 0 radical (unpaired) electrons. The summed E-state index contributed by atoms with van der Waals surface area (Å²) < 4.78 is 37.8. The van der Waals surface area contributed by atoms with E-state index in [9.17, 15) is 13.2 Å². The van der Waals surface area contributed by atoms with Crippen molar-refractivity contribution in [3.8, 4) is 0 Å². The Hall–Kier alpha value is -1.58. The molecule has 0 aromatic heterocycles. The number of hydrogen-bond donors (Lipinski definition) is 0. The maximum Gasteiger partial charge on any atom is 0.419 e. The van der Waals surface area contributed by atoms with Gasteiger partial charge >= 0.3 is 6.18 Å². The van der Waals surface area contributed by atoms with Gasteiger partial charge in [-0.2, -0.15) is 18.1 Å². The predicted octanol–water partition coefficient (Wildman–Crippen LogP) is 3.90. The summed E-state index contributed by atoms with van der Waals surface area (Å²) in [7, 11) is 0. The maximum atomic E-state index is 12.6. The van der Waals surface area contributed by atoms with Crippen LogP contribution in [-0.4, -0.2) is 12.9 Å². The lowest BCUT2D eigenvalue weighted by molar-refractivity contribution is -0.137. The van der Waals surface area contributed by atoms with Crippen molar-refractivity contribution in [1.29, 1.82) is 0 Å². The molecule has 2 nitrogen and oxygen atoms in total. The van der Waals surface area contributed by atoms with Crippen LogP contribution in [0.4, 0.5) is 24.5 Å². The zero-order valence-electron chi connectivity index (χ0n) is 8.55. The minimum Gasteiger partial charge on any atom is -0.166 e. The monoisotopic (exact) mass is 259 g/mol. The van der Waals surface area contributed by atoms with E-state index in [1.54, 1.807) is 11.0 Å². The number of rotatable bonds is 2. The van der Waals surface area contributed by atoms with E-state index in [2.05, 4.69) is 17.9 Å². The van der Waals surface area contributed by atoms with Gasteiger partial charge in [0.2, 0.25) is 11.4 Å². The Morgan fingerprint density at radius 1 is 1.47 bits per heavy atom. The van der Waals surface area contributed by atoms with Gasteiger partial charge in [0.05, 0.1) is 29.3 Å². The van der Waals surface area contributed by atoms with Crippen LogP contribution in [0.15, 0.2) is 29.8 Å². The average molecular weight is 260 g/mol. The van der Waals surface area contributed by atoms with Crippen LogP contribution in [0.5, 0.6) is 0 Å². The van der Waals surface area contributed by atoms with Crippen LogP contribution in [-0.2, 0) is 6.18 Å². The summed E-state index contributed by atoms with van der Waals surface area (Å²) in [4.78, 5) is 5.33. The molecule has 0 saturated carbocycles. The van der Waals surface area contributed by atoms with Crippen LogP contribution in [0, 0.1) is 0 Å². The smallest absolute Gasteiger partial charge is 0.166 e. The molecule has 0 amide bonds. The molecule has 0 N–H and O–H groups in total. The lowest BCUT2D eigenvalue weighted by Gasteiger charge is -2.08. The Morgan fingerprint density at radius 2 is 2.18 bits per heavy atom. The minimum absolute atomic E-state index is 0.212. The molecule has 88 valence electrons. The molecule has 1 aromatic rings. The number of aliphatic imine (C=N–C) groups is 1. The SMILES string of the molecule is C=CCN1[C+]=Nc2cc(C(F)(F)F)c(Cl)cc21. The molecule has 0 bridgehead atoms. The molecule has 1 aliphatic rings. The minimum atomic E-state index is -4.48. The summed E-state index contributed by atoms with van der Waals surface area (Å²) in [5.74, 6) is 0. The van der Waals surface area contributed by atoms with Crippen molar-refractivity contribution in [1.82, 2.24) is 0 Å². The highest BCUT2D eigenvalue weighted by Crippen LogP contribution is 2.43. The van der Waals surface area contributed by atoms with E-state index in [1.807, 2.05) is 0 Å². The van der Waals surface area contributed by atoms with Crippen LogP contribution < -0.4 is 4.90 Å². The van der Waals surface area contributed by atoms with Gasteiger partial charge in [-0.05, 0) is 4.99 Å². The van der Waals surface area contributed by atoms with Gasteiger partial charge in [-0.3, -0.25) is 0 Å². The fourth-order valence-corrected chi connectivity index (χ4v) is 1.78. The summed E-state index contributed by atoms with van der Waals surface area (Å²) in [5, 5.41) is -0.343. The Balaban J connectivity index is 2.47. The Kier molecular flexibility index (Phi) is 2.81. The summed E-state index contributed by atoms with van der Waals surface area (Å²) >= 11 is 5.62. The Labute approximate surface area is 101 Å². The number of nitrogens with zero attached hydrogens (tertiary/aromatic N) is 2. The van der Waals surface area contributed by atoms with Gasteiger partial charge in [0.25, 0.3) is 6.34 Å². The molecule has 1 aromatic carbocycles. The number of anilines is 1. The molecule has 1 aliphatic heterocycles. The second-order valence-corrected chi connectivity index (χ2v) is 3.84. The van der Waals surface area contributed by atoms with E-state index in [-0.39, 0.29) is 10.7 Å². The molecule has 0 fully saturated rings. The molecular formula is C11H7ClF3N2+. The van der Waals surface area contributed by atoms with Crippen LogP contribution in [0.25, 0.3) is 0 Å². The number of benzene rings is 1. The van der Waals surface area contributed by atoms with Gasteiger partial charge in [0.15, 0.2) is 0 Å². The third kappa shape index (κ3) is 2.12. The highest BCUT2D eigenvalue weighted by Gasteiger charge is 2.38. The number of fused-ring (bicyclic) bond motifs is 1. The third-order valence-corrected chi connectivity index (χ3v) is 2.58. The van der Waals surface area contributed by atoms with Crippen LogP contribution in [0.1, 0.15) is 5.56 Å². The zero-order chi connectivity index (χ0) is 12.6. The van der Waals surface area contributed by atoms with E-state index in [1.165, 1.54) is 6.07 Å². The first-order valence-corrected chi connectivity index (χ1v) is 5.07. The molecule has 17 heavy (non-hydrogen) atoms. The Bertz CT molecular complexity index is 494. The van der Waals surface area contributed by atoms with E-state index in [0.717, 1.165) is 6.07 Å². The topological polar surface area (TPSA) is 15.6 Å².